The molecule has 0 aliphatic carbocycles. The Kier molecular flexibility index (Phi) is 3.33. The SMILES string of the molecule is CC(=O)C(c1ccnc(C)n1)C(C)C. The summed E-state index contributed by atoms with van der Waals surface area (Å²) >= 11 is 0. The average Bonchev–Trinajstić information content (AvgIpc) is 2.02. The molecule has 14 heavy (non-hydrogen) atoms. The fourth-order valence-corrected chi connectivity index (χ4v) is 1.67. The fourth-order valence-electron chi connectivity index (χ4n) is 1.67. The normalized spacial score (nSPS) is 12.9. The van der Waals surface area contributed by atoms with Crippen LogP contribution in [0.15, 0.2) is 12.3 Å². The zero-order chi connectivity index (χ0) is 10.7. The maximum atomic E-state index is 11.4. The van der Waals surface area contributed by atoms with E-state index in [4.69, 9.17) is 0 Å². The number of aryl methyl sites for hydroxylation is 1. The Bertz CT molecular complexity index is 334. The first-order valence-electron chi connectivity index (χ1n) is 4.82. The second kappa shape index (κ2) is 4.31. The van der Waals surface area contributed by atoms with E-state index in [1.54, 1.807) is 13.1 Å². The molecule has 0 aliphatic heterocycles. The molecule has 1 heterocycles. The van der Waals surface area contributed by atoms with Crippen molar-refractivity contribution in [2.24, 2.45) is 5.92 Å². The zero-order valence-electron chi connectivity index (χ0n) is 9.11. The molecular weight excluding hydrogens is 176 g/mol. The van der Waals surface area contributed by atoms with E-state index >= 15 is 0 Å². The molecule has 0 amide bonds. The monoisotopic (exact) mass is 192 g/mol. The highest BCUT2D eigenvalue weighted by Crippen LogP contribution is 2.23. The molecule has 0 aliphatic rings. The first-order valence-corrected chi connectivity index (χ1v) is 4.82. The van der Waals surface area contributed by atoms with Gasteiger partial charge in [-0.3, -0.25) is 4.79 Å². The lowest BCUT2D eigenvalue weighted by atomic mass is 9.89. The molecule has 76 valence electrons. The number of hydrogen-bond acceptors (Lipinski definition) is 3. The minimum Gasteiger partial charge on any atom is -0.299 e. The lowest BCUT2D eigenvalue weighted by molar-refractivity contribution is -0.119. The maximum absolute atomic E-state index is 11.4. The summed E-state index contributed by atoms with van der Waals surface area (Å²) in [5.74, 6) is 1.06. The van der Waals surface area contributed by atoms with Crippen LogP contribution in [-0.2, 0) is 4.79 Å². The van der Waals surface area contributed by atoms with Crippen LogP contribution in [0.2, 0.25) is 0 Å². The summed E-state index contributed by atoms with van der Waals surface area (Å²) in [4.78, 5) is 19.7. The van der Waals surface area contributed by atoms with E-state index in [0.29, 0.717) is 0 Å². The van der Waals surface area contributed by atoms with Gasteiger partial charge >= 0.3 is 0 Å². The molecule has 3 heteroatoms. The van der Waals surface area contributed by atoms with E-state index in [1.165, 1.54) is 0 Å². The van der Waals surface area contributed by atoms with E-state index in [1.807, 2.05) is 26.8 Å². The third kappa shape index (κ3) is 2.37. The molecule has 0 saturated heterocycles. The number of hydrogen-bond donors (Lipinski definition) is 0. The van der Waals surface area contributed by atoms with Crippen LogP contribution < -0.4 is 0 Å². The summed E-state index contributed by atoms with van der Waals surface area (Å²) in [5, 5.41) is 0. The molecule has 0 saturated carbocycles. The van der Waals surface area contributed by atoms with Crippen LogP contribution in [0.5, 0.6) is 0 Å². The molecule has 0 radical (unpaired) electrons. The van der Waals surface area contributed by atoms with Crippen LogP contribution in [0.3, 0.4) is 0 Å². The van der Waals surface area contributed by atoms with Crippen LogP contribution in [0.1, 0.15) is 38.2 Å². The van der Waals surface area contributed by atoms with Gasteiger partial charge in [0.2, 0.25) is 0 Å². The average molecular weight is 192 g/mol. The fraction of sp³-hybridized carbons (Fsp3) is 0.545. The number of nitrogens with zero attached hydrogens (tertiary/aromatic N) is 2. The second-order valence-electron chi connectivity index (χ2n) is 3.86. The van der Waals surface area contributed by atoms with Gasteiger partial charge in [0.15, 0.2) is 0 Å². The summed E-state index contributed by atoms with van der Waals surface area (Å²) in [5.41, 5.74) is 0.833. The smallest absolute Gasteiger partial charge is 0.139 e. The van der Waals surface area contributed by atoms with Crippen LogP contribution in [0.4, 0.5) is 0 Å². The number of carbonyl (C=O) groups is 1. The number of aromatic nitrogens is 2. The van der Waals surface area contributed by atoms with Gasteiger partial charge in [-0.15, -0.1) is 0 Å². The number of rotatable bonds is 3. The van der Waals surface area contributed by atoms with Crippen molar-refractivity contribution in [3.8, 4) is 0 Å². The Hall–Kier alpha value is -1.25. The lowest BCUT2D eigenvalue weighted by Gasteiger charge is -2.16. The van der Waals surface area contributed by atoms with Crippen molar-refractivity contribution in [1.82, 2.24) is 9.97 Å². The molecule has 1 aromatic rings. The third-order valence-corrected chi connectivity index (χ3v) is 2.22. The summed E-state index contributed by atoms with van der Waals surface area (Å²) < 4.78 is 0. The van der Waals surface area contributed by atoms with Crippen LogP contribution in [0, 0.1) is 12.8 Å². The summed E-state index contributed by atoms with van der Waals surface area (Å²) in [6.45, 7) is 7.51. The Morgan fingerprint density at radius 3 is 2.50 bits per heavy atom. The molecular formula is C11H16N2O. The number of ketones is 1. The first kappa shape index (κ1) is 10.8. The zero-order valence-corrected chi connectivity index (χ0v) is 9.11. The minimum atomic E-state index is -0.100. The van der Waals surface area contributed by atoms with Gasteiger partial charge in [0.1, 0.15) is 11.6 Å². The molecule has 0 fully saturated rings. The second-order valence-corrected chi connectivity index (χ2v) is 3.86. The molecule has 0 spiro atoms. The molecule has 1 rings (SSSR count). The van der Waals surface area contributed by atoms with E-state index in [-0.39, 0.29) is 17.6 Å². The van der Waals surface area contributed by atoms with Crippen molar-refractivity contribution in [1.29, 1.82) is 0 Å². The highest BCUT2D eigenvalue weighted by Gasteiger charge is 2.21. The van der Waals surface area contributed by atoms with Crippen LogP contribution in [-0.4, -0.2) is 15.8 Å². The summed E-state index contributed by atoms with van der Waals surface area (Å²) in [6.07, 6.45) is 1.70. The summed E-state index contributed by atoms with van der Waals surface area (Å²) in [6, 6.07) is 1.82. The highest BCUT2D eigenvalue weighted by molar-refractivity contribution is 5.83. The first-order chi connectivity index (χ1) is 6.52. The van der Waals surface area contributed by atoms with Gasteiger partial charge < -0.3 is 0 Å². The van der Waals surface area contributed by atoms with Crippen molar-refractivity contribution in [2.45, 2.75) is 33.6 Å². The standard InChI is InChI=1S/C11H16N2O/c1-7(2)11(8(3)14)10-5-6-12-9(4)13-10/h5-7,11H,1-4H3. The minimum absolute atomic E-state index is 0.100. The van der Waals surface area contributed by atoms with Gasteiger partial charge in [0.05, 0.1) is 11.6 Å². The third-order valence-electron chi connectivity index (χ3n) is 2.22. The molecule has 0 aromatic carbocycles. The maximum Gasteiger partial charge on any atom is 0.139 e. The van der Waals surface area contributed by atoms with Crippen molar-refractivity contribution < 1.29 is 4.79 Å². The van der Waals surface area contributed by atoms with Gasteiger partial charge in [-0.25, -0.2) is 9.97 Å². The van der Waals surface area contributed by atoms with Gasteiger partial charge in [0.25, 0.3) is 0 Å². The highest BCUT2D eigenvalue weighted by atomic mass is 16.1. The van der Waals surface area contributed by atoms with Crippen molar-refractivity contribution >= 4 is 5.78 Å². The van der Waals surface area contributed by atoms with Gasteiger partial charge in [-0.2, -0.15) is 0 Å². The van der Waals surface area contributed by atoms with Crippen molar-refractivity contribution in [3.63, 3.8) is 0 Å². The van der Waals surface area contributed by atoms with Gasteiger partial charge in [-0.1, -0.05) is 13.8 Å². The quantitative estimate of drug-likeness (QED) is 0.736. The predicted molar refractivity (Wildman–Crippen MR) is 55.0 cm³/mol. The largest absolute Gasteiger partial charge is 0.299 e. The van der Waals surface area contributed by atoms with Gasteiger partial charge in [-0.05, 0) is 25.8 Å². The number of carbonyl (C=O) groups excluding carboxylic acids is 1. The van der Waals surface area contributed by atoms with E-state index < -0.39 is 0 Å². The van der Waals surface area contributed by atoms with Crippen LogP contribution >= 0.6 is 0 Å². The van der Waals surface area contributed by atoms with E-state index in [9.17, 15) is 4.79 Å². The Labute approximate surface area is 84.6 Å². The molecule has 0 bridgehead atoms. The predicted octanol–water partition coefficient (Wildman–Crippen LogP) is 2.11. The Balaban J connectivity index is 3.05. The lowest BCUT2D eigenvalue weighted by Crippen LogP contribution is -2.17. The molecule has 1 aromatic heterocycles. The van der Waals surface area contributed by atoms with E-state index in [0.717, 1.165) is 11.5 Å². The topological polar surface area (TPSA) is 42.9 Å². The van der Waals surface area contributed by atoms with Crippen molar-refractivity contribution in [3.05, 3.63) is 23.8 Å². The van der Waals surface area contributed by atoms with Gasteiger partial charge in [0, 0.05) is 6.20 Å². The van der Waals surface area contributed by atoms with Crippen molar-refractivity contribution in [2.75, 3.05) is 0 Å². The molecule has 1 atom stereocenters. The molecule has 3 nitrogen and oxygen atoms in total. The Morgan fingerprint density at radius 2 is 2.07 bits per heavy atom. The van der Waals surface area contributed by atoms with Crippen LogP contribution in [0.25, 0.3) is 0 Å². The molecule has 1 unspecified atom stereocenters. The Morgan fingerprint density at radius 1 is 1.43 bits per heavy atom. The van der Waals surface area contributed by atoms with E-state index in [2.05, 4.69) is 9.97 Å². The number of Topliss-reactive ketones (excluding diaryl/α,β-unsaturated/α-hetero) is 1. The summed E-state index contributed by atoms with van der Waals surface area (Å²) in [7, 11) is 0. The molecule has 0 N–H and O–H groups in total.